The van der Waals surface area contributed by atoms with Crippen molar-refractivity contribution in [3.63, 3.8) is 0 Å². The van der Waals surface area contributed by atoms with Gasteiger partial charge in [0, 0.05) is 44.3 Å². The van der Waals surface area contributed by atoms with Crippen molar-refractivity contribution in [1.82, 2.24) is 0 Å². The third kappa shape index (κ3) is 4.88. The normalized spacial score (nSPS) is 14.3. The van der Waals surface area contributed by atoms with Gasteiger partial charge in [0.25, 0.3) is 11.6 Å². The second-order valence-corrected chi connectivity index (χ2v) is 10.1. The number of rotatable bonds is 6. The van der Waals surface area contributed by atoms with Gasteiger partial charge in [0.15, 0.2) is 0 Å². The summed E-state index contributed by atoms with van der Waals surface area (Å²) >= 11 is 9.14. The minimum Gasteiger partial charge on any atom is -0.494 e. The number of carbonyl (C=O) groups is 1. The van der Waals surface area contributed by atoms with Crippen molar-refractivity contribution in [1.29, 1.82) is 0 Å². The molecule has 1 amide bonds. The average Bonchev–Trinajstić information content (AvgIpc) is 3.08. The molecule has 1 heterocycles. The summed E-state index contributed by atoms with van der Waals surface area (Å²) in [6, 6.07) is 25.6. The van der Waals surface area contributed by atoms with E-state index < -0.39 is 4.92 Å². The second-order valence-electron chi connectivity index (χ2n) is 8.94. The quantitative estimate of drug-likeness (QED) is 0.0931. The van der Waals surface area contributed by atoms with Crippen LogP contribution in [0.3, 0.4) is 0 Å². The molecule has 0 spiro atoms. The number of hydrogen-bond acceptors (Lipinski definition) is 4. The van der Waals surface area contributed by atoms with Crippen molar-refractivity contribution in [3.8, 4) is 5.75 Å². The largest absolute Gasteiger partial charge is 0.494 e. The lowest BCUT2D eigenvalue weighted by Gasteiger charge is -2.26. The number of ether oxygens (including phenoxy) is 1. The van der Waals surface area contributed by atoms with Crippen LogP contribution in [0.25, 0.3) is 0 Å². The van der Waals surface area contributed by atoms with Crippen LogP contribution in [-0.2, 0) is 11.0 Å². The molecule has 0 aromatic heterocycles. The fourth-order valence-corrected chi connectivity index (χ4v) is 5.73. The Balaban J connectivity index is 1.77. The lowest BCUT2D eigenvalue weighted by atomic mass is 9.82. The van der Waals surface area contributed by atoms with E-state index in [4.69, 9.17) is 16.3 Å². The van der Waals surface area contributed by atoms with E-state index in [9.17, 15) is 14.9 Å². The van der Waals surface area contributed by atoms with Gasteiger partial charge in [0.05, 0.1) is 18.1 Å². The van der Waals surface area contributed by atoms with Crippen LogP contribution in [0.5, 0.6) is 5.75 Å². The molecule has 38 heavy (non-hydrogen) atoms. The van der Waals surface area contributed by atoms with E-state index in [1.54, 1.807) is 4.90 Å². The predicted molar refractivity (Wildman–Crippen MR) is 158 cm³/mol. The Morgan fingerprint density at radius 2 is 1.82 bits per heavy atom. The summed E-state index contributed by atoms with van der Waals surface area (Å²) in [5, 5.41) is 11.8. The molecule has 0 bridgehead atoms. The highest BCUT2D eigenvalue weighted by atomic mass is 127. The molecule has 6 nitrogen and oxygen atoms in total. The van der Waals surface area contributed by atoms with Crippen LogP contribution in [-0.4, -0.2) is 17.4 Å². The van der Waals surface area contributed by atoms with Gasteiger partial charge in [-0.1, -0.05) is 76.7 Å². The first-order chi connectivity index (χ1) is 18.4. The SMILES string of the molecule is CCOc1cccc2c1C(c1ccccc1Cl)c1cc(CI)ccc1N(C(=O)c1ccc([N+](=O)[O-])cc1)C2. The number of anilines is 1. The van der Waals surface area contributed by atoms with Gasteiger partial charge in [-0.05, 0) is 59.5 Å². The number of halogens is 2. The maximum atomic E-state index is 14.0. The molecular weight excluding hydrogens is 615 g/mol. The van der Waals surface area contributed by atoms with Crippen molar-refractivity contribution in [2.75, 3.05) is 11.5 Å². The van der Waals surface area contributed by atoms with Crippen LogP contribution in [0.15, 0.2) is 84.9 Å². The lowest BCUT2D eigenvalue weighted by molar-refractivity contribution is -0.384. The molecule has 0 fully saturated rings. The van der Waals surface area contributed by atoms with Crippen molar-refractivity contribution < 1.29 is 14.5 Å². The molecule has 1 aliphatic heterocycles. The number of alkyl halides is 1. The lowest BCUT2D eigenvalue weighted by Crippen LogP contribution is -2.30. The van der Waals surface area contributed by atoms with Crippen molar-refractivity contribution in [2.24, 2.45) is 0 Å². The zero-order valence-electron chi connectivity index (χ0n) is 20.6. The van der Waals surface area contributed by atoms with Crippen LogP contribution in [0.1, 0.15) is 51.0 Å². The predicted octanol–water partition coefficient (Wildman–Crippen LogP) is 7.92. The maximum Gasteiger partial charge on any atom is 0.269 e. The summed E-state index contributed by atoms with van der Waals surface area (Å²) in [7, 11) is 0. The van der Waals surface area contributed by atoms with E-state index in [1.807, 2.05) is 61.5 Å². The Labute approximate surface area is 239 Å². The van der Waals surface area contributed by atoms with Crippen molar-refractivity contribution >= 4 is 51.5 Å². The molecule has 192 valence electrons. The van der Waals surface area contributed by atoms with Crippen LogP contribution in [0.2, 0.25) is 5.02 Å². The molecule has 5 rings (SSSR count). The van der Waals surface area contributed by atoms with E-state index in [1.165, 1.54) is 24.3 Å². The molecule has 1 aliphatic rings. The Kier molecular flexibility index (Phi) is 7.67. The van der Waals surface area contributed by atoms with E-state index >= 15 is 0 Å². The van der Waals surface area contributed by atoms with Gasteiger partial charge in [-0.2, -0.15) is 0 Å². The maximum absolute atomic E-state index is 14.0. The minimum absolute atomic E-state index is 0.0602. The smallest absolute Gasteiger partial charge is 0.269 e. The number of nitro groups is 1. The minimum atomic E-state index is -0.471. The highest BCUT2D eigenvalue weighted by Crippen LogP contribution is 2.48. The van der Waals surface area contributed by atoms with E-state index in [0.717, 1.165) is 43.7 Å². The van der Waals surface area contributed by atoms with Gasteiger partial charge in [0.2, 0.25) is 0 Å². The van der Waals surface area contributed by atoms with Gasteiger partial charge in [-0.15, -0.1) is 0 Å². The first-order valence-corrected chi connectivity index (χ1v) is 14.1. The Morgan fingerprint density at radius 1 is 1.05 bits per heavy atom. The fraction of sp³-hybridized carbons (Fsp3) is 0.167. The number of nitro benzene ring substituents is 1. The van der Waals surface area contributed by atoms with E-state index in [-0.39, 0.29) is 17.5 Å². The first-order valence-electron chi connectivity index (χ1n) is 12.2. The van der Waals surface area contributed by atoms with E-state index in [0.29, 0.717) is 23.7 Å². The molecule has 0 saturated heterocycles. The number of non-ortho nitro benzene ring substituents is 1. The monoisotopic (exact) mass is 638 g/mol. The fourth-order valence-electron chi connectivity index (χ4n) is 5.01. The van der Waals surface area contributed by atoms with Gasteiger partial charge in [0.1, 0.15) is 5.75 Å². The zero-order chi connectivity index (χ0) is 26.8. The van der Waals surface area contributed by atoms with Crippen LogP contribution >= 0.6 is 34.2 Å². The summed E-state index contributed by atoms with van der Waals surface area (Å²) in [5.74, 6) is 0.246. The Bertz CT molecular complexity index is 1520. The summed E-state index contributed by atoms with van der Waals surface area (Å²) in [4.78, 5) is 26.4. The summed E-state index contributed by atoms with van der Waals surface area (Å²) in [5.41, 5.74) is 6.02. The number of nitrogens with zero attached hydrogens (tertiary/aromatic N) is 2. The molecule has 1 atom stereocenters. The standard InChI is InChI=1S/C30H24ClIN2O4/c1-2-38-27-9-5-6-21-18-33(30(35)20-11-13-22(14-12-20)34(36)37)26-15-10-19(17-32)16-24(26)29(28(21)27)23-7-3-4-8-25(23)31/h3-16,29H,2,17-18H2,1H3. The molecule has 0 N–H and O–H groups in total. The Morgan fingerprint density at radius 3 is 2.50 bits per heavy atom. The van der Waals surface area contributed by atoms with Crippen molar-refractivity contribution in [2.45, 2.75) is 23.8 Å². The summed E-state index contributed by atoms with van der Waals surface area (Å²) in [6.45, 7) is 2.76. The third-order valence-corrected chi connectivity index (χ3v) is 7.93. The molecule has 4 aromatic rings. The van der Waals surface area contributed by atoms with Gasteiger partial charge in [-0.3, -0.25) is 14.9 Å². The molecule has 4 aromatic carbocycles. The summed E-state index contributed by atoms with van der Waals surface area (Å²) in [6.07, 6.45) is 0. The highest BCUT2D eigenvalue weighted by Gasteiger charge is 2.34. The average molecular weight is 639 g/mol. The number of fused-ring (bicyclic) bond motifs is 2. The Hall–Kier alpha value is -3.43. The summed E-state index contributed by atoms with van der Waals surface area (Å²) < 4.78 is 6.93. The molecule has 8 heteroatoms. The van der Waals surface area contributed by atoms with E-state index in [2.05, 4.69) is 28.7 Å². The molecular formula is C30H24ClIN2O4. The van der Waals surface area contributed by atoms with Crippen LogP contribution in [0.4, 0.5) is 11.4 Å². The molecule has 1 unspecified atom stereocenters. The van der Waals surface area contributed by atoms with Crippen LogP contribution < -0.4 is 9.64 Å². The molecule has 0 radical (unpaired) electrons. The first kappa shape index (κ1) is 26.2. The van der Waals surface area contributed by atoms with Gasteiger partial charge >= 0.3 is 0 Å². The number of amides is 1. The highest BCUT2D eigenvalue weighted by molar-refractivity contribution is 14.1. The van der Waals surface area contributed by atoms with Gasteiger partial charge in [-0.25, -0.2) is 0 Å². The van der Waals surface area contributed by atoms with Crippen molar-refractivity contribution in [3.05, 3.63) is 133 Å². The molecule has 0 saturated carbocycles. The van der Waals surface area contributed by atoms with Crippen LogP contribution in [0, 0.1) is 10.1 Å². The number of hydrogen-bond donors (Lipinski definition) is 0. The topological polar surface area (TPSA) is 72.7 Å². The second kappa shape index (κ2) is 11.1. The number of benzene rings is 4. The number of carbonyl (C=O) groups excluding carboxylic acids is 1. The van der Waals surface area contributed by atoms with Gasteiger partial charge < -0.3 is 9.64 Å². The molecule has 0 aliphatic carbocycles. The zero-order valence-corrected chi connectivity index (χ0v) is 23.5. The third-order valence-electron chi connectivity index (χ3n) is 6.71.